The molecule has 7 N–H and O–H groups in total. The molecule has 2 aromatic carbocycles. The Morgan fingerprint density at radius 3 is 2.43 bits per heavy atom. The number of primary amides is 1. The molecule has 182 valence electrons. The maximum atomic E-state index is 13.6. The monoisotopic (exact) mass is 480 g/mol. The first-order valence-electron chi connectivity index (χ1n) is 11.0. The van der Waals surface area contributed by atoms with Gasteiger partial charge in [0.05, 0.1) is 23.6 Å². The second-order valence-electron chi connectivity index (χ2n) is 9.53. The van der Waals surface area contributed by atoms with Crippen molar-refractivity contribution in [2.24, 2.45) is 17.6 Å². The predicted molar refractivity (Wildman–Crippen MR) is 123 cm³/mol. The third-order valence-electron chi connectivity index (χ3n) is 7.52. The molecule has 1 amide bonds. The molecule has 0 spiro atoms. The lowest BCUT2D eigenvalue weighted by Crippen LogP contribution is -2.68. The van der Waals surface area contributed by atoms with Crippen LogP contribution in [0.4, 0.5) is 0 Å². The van der Waals surface area contributed by atoms with Gasteiger partial charge in [0, 0.05) is 16.9 Å². The zero-order valence-corrected chi connectivity index (χ0v) is 18.9. The van der Waals surface area contributed by atoms with Crippen LogP contribution in [-0.4, -0.2) is 79.7 Å². The molecule has 0 bridgehead atoms. The van der Waals surface area contributed by atoms with E-state index in [1.165, 1.54) is 19.0 Å². The van der Waals surface area contributed by atoms with Crippen LogP contribution in [0.2, 0.25) is 0 Å². The van der Waals surface area contributed by atoms with Crippen LogP contribution < -0.4 is 5.73 Å². The number of nitrogens with two attached hydrogens (primary N) is 1. The molecular weight excluding hydrogens is 456 g/mol. The van der Waals surface area contributed by atoms with E-state index in [0.717, 1.165) is 0 Å². The van der Waals surface area contributed by atoms with Crippen LogP contribution in [0, 0.1) is 11.8 Å². The van der Waals surface area contributed by atoms with E-state index in [-0.39, 0.29) is 17.7 Å². The summed E-state index contributed by atoms with van der Waals surface area (Å²) in [5.41, 5.74) is 1.38. The van der Waals surface area contributed by atoms with Gasteiger partial charge in [0.2, 0.25) is 5.78 Å². The normalized spacial score (nSPS) is 30.4. The van der Waals surface area contributed by atoms with Gasteiger partial charge in [-0.2, -0.15) is 0 Å². The van der Waals surface area contributed by atoms with Gasteiger partial charge in [-0.15, -0.1) is 0 Å². The highest BCUT2D eigenvalue weighted by atomic mass is 16.4. The van der Waals surface area contributed by atoms with E-state index in [2.05, 4.69) is 0 Å². The molecule has 0 fully saturated rings. The van der Waals surface area contributed by atoms with Gasteiger partial charge in [-0.1, -0.05) is 30.3 Å². The third-order valence-corrected chi connectivity index (χ3v) is 7.52. The molecule has 0 radical (unpaired) electrons. The molecule has 0 saturated heterocycles. The number of phenolic OH excluding ortho intramolecular Hbond substituents is 1. The molecular formula is C25H24N2O8. The van der Waals surface area contributed by atoms with Gasteiger partial charge in [0.25, 0.3) is 5.91 Å². The van der Waals surface area contributed by atoms with Crippen LogP contribution in [0.1, 0.15) is 15.9 Å². The summed E-state index contributed by atoms with van der Waals surface area (Å²) >= 11 is 0. The fourth-order valence-electron chi connectivity index (χ4n) is 5.98. The van der Waals surface area contributed by atoms with Crippen molar-refractivity contribution >= 4 is 28.2 Å². The number of phenols is 1. The van der Waals surface area contributed by atoms with Gasteiger partial charge in [-0.3, -0.25) is 19.3 Å². The van der Waals surface area contributed by atoms with Gasteiger partial charge in [0.1, 0.15) is 22.8 Å². The van der Waals surface area contributed by atoms with Crippen molar-refractivity contribution in [1.82, 2.24) is 4.90 Å². The molecule has 10 heteroatoms. The number of aliphatic hydroxyl groups is 4. The summed E-state index contributed by atoms with van der Waals surface area (Å²) < 4.78 is 0. The highest BCUT2D eigenvalue weighted by Gasteiger charge is 2.66. The predicted octanol–water partition coefficient (Wildman–Crippen LogP) is 0.245. The highest BCUT2D eigenvalue weighted by molar-refractivity contribution is 6.25. The number of amides is 1. The Kier molecular flexibility index (Phi) is 4.86. The third kappa shape index (κ3) is 2.78. The first-order valence-corrected chi connectivity index (χ1v) is 11.0. The van der Waals surface area contributed by atoms with Crippen molar-refractivity contribution in [3.8, 4) is 5.75 Å². The summed E-state index contributed by atoms with van der Waals surface area (Å²) in [6, 6.07) is 7.27. The van der Waals surface area contributed by atoms with E-state index in [1.54, 1.807) is 30.3 Å². The van der Waals surface area contributed by atoms with Crippen LogP contribution in [0.3, 0.4) is 0 Å². The van der Waals surface area contributed by atoms with Crippen molar-refractivity contribution in [3.63, 3.8) is 0 Å². The van der Waals surface area contributed by atoms with Crippen molar-refractivity contribution in [2.45, 2.75) is 24.2 Å². The van der Waals surface area contributed by atoms with Crippen LogP contribution in [-0.2, 0) is 16.0 Å². The number of hydrogen-bond acceptors (Lipinski definition) is 9. The number of fused-ring (bicyclic) bond motifs is 4. The summed E-state index contributed by atoms with van der Waals surface area (Å²) in [5.74, 6) is -8.24. The Morgan fingerprint density at radius 2 is 1.80 bits per heavy atom. The van der Waals surface area contributed by atoms with Gasteiger partial charge >= 0.3 is 0 Å². The number of carbonyl (C=O) groups excluding carboxylic acids is 3. The quantitative estimate of drug-likeness (QED) is 0.328. The molecule has 35 heavy (non-hydrogen) atoms. The zero-order valence-electron chi connectivity index (χ0n) is 18.9. The van der Waals surface area contributed by atoms with E-state index in [4.69, 9.17) is 5.73 Å². The number of Topliss-reactive ketones (excluding diaryl/α,β-unsaturated/α-hetero) is 2. The molecule has 0 saturated carbocycles. The van der Waals surface area contributed by atoms with Crippen LogP contribution in [0.5, 0.6) is 5.75 Å². The summed E-state index contributed by atoms with van der Waals surface area (Å²) in [5, 5.41) is 57.0. The number of nitrogens with zero attached hydrogens (tertiary/aromatic N) is 1. The molecule has 10 nitrogen and oxygen atoms in total. The number of carbonyl (C=O) groups is 3. The van der Waals surface area contributed by atoms with Gasteiger partial charge in [-0.05, 0) is 31.5 Å². The minimum Gasteiger partial charge on any atom is -0.510 e. The maximum Gasteiger partial charge on any atom is 0.255 e. The van der Waals surface area contributed by atoms with Crippen LogP contribution >= 0.6 is 0 Å². The Balaban J connectivity index is 1.79. The van der Waals surface area contributed by atoms with E-state index in [0.29, 0.717) is 16.3 Å². The Bertz CT molecular complexity index is 1410. The standard InChI is InChI=1S/C25H24N2O8/c1-27(2)17-16-19(29)12-8-10-7-9-5-3-4-6-11(9)18(28)13(10)20(30)14(12)22(32)25(16,35)23(33)15(21(17)31)24(26)34/h3-7,12,16-17,19,28-29,31-32,35H,8H2,1-2H3,(H2,26,34)/t12-,16?,17+,19+,25+/m1/s1. The fourth-order valence-corrected chi connectivity index (χ4v) is 5.98. The van der Waals surface area contributed by atoms with Crippen molar-refractivity contribution in [2.75, 3.05) is 14.1 Å². The zero-order chi connectivity index (χ0) is 25.6. The minimum absolute atomic E-state index is 0.00804. The number of ketones is 2. The molecule has 0 heterocycles. The Morgan fingerprint density at radius 1 is 1.14 bits per heavy atom. The molecule has 0 aromatic heterocycles. The molecule has 0 aliphatic heterocycles. The van der Waals surface area contributed by atoms with Gasteiger partial charge in [-0.25, -0.2) is 0 Å². The average Bonchev–Trinajstić information content (AvgIpc) is 2.79. The largest absolute Gasteiger partial charge is 0.510 e. The van der Waals surface area contributed by atoms with Crippen LogP contribution in [0.15, 0.2) is 53.0 Å². The molecule has 3 aliphatic rings. The maximum absolute atomic E-state index is 13.6. The lowest BCUT2D eigenvalue weighted by molar-refractivity contribution is -0.161. The number of aromatic hydroxyl groups is 1. The van der Waals surface area contributed by atoms with Gasteiger partial charge < -0.3 is 31.3 Å². The second kappa shape index (κ2) is 7.38. The summed E-state index contributed by atoms with van der Waals surface area (Å²) in [6.45, 7) is 0. The highest BCUT2D eigenvalue weighted by Crippen LogP contribution is 2.52. The topological polar surface area (TPSA) is 182 Å². The van der Waals surface area contributed by atoms with E-state index in [9.17, 15) is 39.9 Å². The number of aliphatic hydroxyl groups excluding tert-OH is 3. The first kappa shape index (κ1) is 23.0. The number of hydrogen-bond donors (Lipinski definition) is 6. The SMILES string of the molecule is CN(C)[C@@H]1C(O)=C(C(N)=O)C(=O)[C@@]2(O)C(O)=C3C(=O)c4c(cc5ccccc5c4O)C[C@H]3[C@H](O)C12. The molecule has 1 unspecified atom stereocenters. The Hall–Kier alpha value is -3.73. The first-order chi connectivity index (χ1) is 16.4. The molecule has 5 atom stereocenters. The molecule has 5 rings (SSSR count). The lowest BCUT2D eigenvalue weighted by Gasteiger charge is -2.52. The number of likely N-dealkylation sites (N-methyl/N-ethyl adjacent to an activating group) is 1. The van der Waals surface area contributed by atoms with Gasteiger partial charge in [0.15, 0.2) is 11.4 Å². The van der Waals surface area contributed by atoms with Crippen molar-refractivity contribution in [1.29, 1.82) is 0 Å². The van der Waals surface area contributed by atoms with Crippen LogP contribution in [0.25, 0.3) is 10.8 Å². The minimum atomic E-state index is -2.91. The van der Waals surface area contributed by atoms with Crippen molar-refractivity contribution in [3.05, 3.63) is 64.1 Å². The summed E-state index contributed by atoms with van der Waals surface area (Å²) in [7, 11) is 2.98. The summed E-state index contributed by atoms with van der Waals surface area (Å²) in [6.07, 6.45) is -1.58. The van der Waals surface area contributed by atoms with E-state index >= 15 is 0 Å². The smallest absolute Gasteiger partial charge is 0.255 e. The second-order valence-corrected chi connectivity index (χ2v) is 9.53. The molecule has 2 aromatic rings. The summed E-state index contributed by atoms with van der Waals surface area (Å²) in [4.78, 5) is 40.3. The number of benzene rings is 2. The Labute approximate surface area is 199 Å². The lowest BCUT2D eigenvalue weighted by atomic mass is 9.57. The average molecular weight is 480 g/mol. The number of rotatable bonds is 2. The fraction of sp³-hybridized carbons (Fsp3) is 0.320. The van der Waals surface area contributed by atoms with E-state index < -0.39 is 69.7 Å². The van der Waals surface area contributed by atoms with E-state index in [1.807, 2.05) is 0 Å². The van der Waals surface area contributed by atoms with Crippen molar-refractivity contribution < 1.29 is 39.9 Å². The molecule has 3 aliphatic carbocycles.